The Bertz CT molecular complexity index is 3050. The van der Waals surface area contributed by atoms with Crippen LogP contribution in [-0.4, -0.2) is 118 Å². The highest BCUT2D eigenvalue weighted by Crippen LogP contribution is 2.42. The van der Waals surface area contributed by atoms with E-state index in [1.807, 2.05) is 6.07 Å². The number of anilines is 6. The molecule has 2 unspecified atom stereocenters. The van der Waals surface area contributed by atoms with E-state index in [1.54, 1.807) is 30.3 Å². The highest BCUT2D eigenvalue weighted by atomic mass is 35.5. The maximum Gasteiger partial charge on any atom is 0.247 e. The van der Waals surface area contributed by atoms with Crippen LogP contribution >= 0.6 is 34.8 Å². The monoisotopic (exact) mass is 1090 g/mol. The van der Waals surface area contributed by atoms with E-state index in [-0.39, 0.29) is 39.4 Å². The third kappa shape index (κ3) is 14.2. The van der Waals surface area contributed by atoms with Crippen molar-refractivity contribution in [1.29, 1.82) is 0 Å². The Morgan fingerprint density at radius 1 is 0.707 bits per heavy atom. The van der Waals surface area contributed by atoms with Crippen LogP contribution in [0.5, 0.6) is 11.5 Å². The summed E-state index contributed by atoms with van der Waals surface area (Å²) in [6.07, 6.45) is 13.4. The first-order chi connectivity index (χ1) is 36.0. The number of hydrogen-bond acceptors (Lipinski definition) is 15. The summed E-state index contributed by atoms with van der Waals surface area (Å²) in [6.45, 7) is 11.7. The number of carbonyl (C=O) groups excluding carboxylic acids is 2. The van der Waals surface area contributed by atoms with Gasteiger partial charge in [-0.15, -0.1) is 0 Å². The summed E-state index contributed by atoms with van der Waals surface area (Å²) in [4.78, 5) is 43.7. The van der Waals surface area contributed by atoms with Crippen molar-refractivity contribution in [3.8, 4) is 11.5 Å². The average Bonchev–Trinajstić information content (AvgIpc) is 4.01. The van der Waals surface area contributed by atoms with Gasteiger partial charge in [0.05, 0.1) is 55.9 Å². The number of nitrogen functional groups attached to an aromatic ring is 1. The average molecular weight is 1090 g/mol. The van der Waals surface area contributed by atoms with Gasteiger partial charge in [-0.1, -0.05) is 36.4 Å². The summed E-state index contributed by atoms with van der Waals surface area (Å²) in [7, 11) is 4.30. The van der Waals surface area contributed by atoms with E-state index in [0.29, 0.717) is 75.5 Å². The molecule has 4 aliphatic rings. The fraction of sp³-hybridized carbons (Fsp3) is 0.370. The number of hydrogen-bond donors (Lipinski definition) is 4. The standard InChI is InChI=1S/C27H29ClFN5O3.C24H27ClFN5O2.C3H3ClO/c1-3-25(35)33-23-13-19-22(30-16-31-26(19)32-17-4-5-21(29)20(28)12-17)14-24(23)36-15-18-6-7-27(37-18)8-10-34(2)11-9-27;1-31-8-6-24(7-9-31)5-4-16(33-24)13-32-22-12-21-17(11-20(22)27)23(29-14-28-21)30-15-2-3-19(26)18(25)10-15;1-2-3(4)5/h3-5,12-14,16,18H,1,6-11,15H2,2H3,(H,33,35)(H,30,31,32);2-3,10-12,14,16H,4-9,13,27H2,1H3,(H,28,29,30);2H,1H2. The molecule has 6 heterocycles. The molecule has 0 bridgehead atoms. The second kappa shape index (κ2) is 24.6. The molecule has 75 heavy (non-hydrogen) atoms. The predicted octanol–water partition coefficient (Wildman–Crippen LogP) is 11.0. The lowest BCUT2D eigenvalue weighted by Gasteiger charge is -2.37. The molecule has 2 spiro atoms. The first-order valence-corrected chi connectivity index (χ1v) is 25.7. The van der Waals surface area contributed by atoms with Crippen molar-refractivity contribution in [3.63, 3.8) is 0 Å². The van der Waals surface area contributed by atoms with Gasteiger partial charge in [-0.3, -0.25) is 9.59 Å². The largest absolute Gasteiger partial charge is 0.489 e. The summed E-state index contributed by atoms with van der Waals surface area (Å²) in [5, 5.41) is 9.99. The Morgan fingerprint density at radius 2 is 1.16 bits per heavy atom. The molecule has 4 saturated heterocycles. The van der Waals surface area contributed by atoms with E-state index < -0.39 is 16.9 Å². The number of halogens is 5. The number of nitrogens with two attached hydrogens (primary N) is 1. The number of ether oxygens (including phenoxy) is 4. The molecule has 396 valence electrons. The van der Waals surface area contributed by atoms with Crippen molar-refractivity contribution in [3.05, 3.63) is 120 Å². The zero-order valence-electron chi connectivity index (χ0n) is 41.7. The van der Waals surface area contributed by atoms with Crippen molar-refractivity contribution < 1.29 is 37.3 Å². The number of rotatable bonds is 13. The number of benzene rings is 4. The number of carbonyl (C=O) groups is 2. The van der Waals surface area contributed by atoms with Gasteiger partial charge in [0.25, 0.3) is 0 Å². The highest BCUT2D eigenvalue weighted by Gasteiger charge is 2.43. The van der Waals surface area contributed by atoms with Crippen LogP contribution < -0.4 is 31.2 Å². The lowest BCUT2D eigenvalue weighted by molar-refractivity contribution is -0.112. The molecule has 0 radical (unpaired) electrons. The van der Waals surface area contributed by atoms with Crippen molar-refractivity contribution in [2.45, 2.75) is 74.8 Å². The Kier molecular flexibility index (Phi) is 18.0. The van der Waals surface area contributed by atoms with E-state index in [0.717, 1.165) is 89.0 Å². The molecule has 6 aromatic rings. The maximum atomic E-state index is 13.6. The van der Waals surface area contributed by atoms with Crippen LogP contribution in [0.15, 0.2) is 98.6 Å². The molecule has 4 aromatic carbocycles. The number of nitrogens with one attached hydrogen (secondary N) is 3. The Labute approximate surface area is 448 Å². The van der Waals surface area contributed by atoms with Crippen LogP contribution in [0.4, 0.5) is 43.2 Å². The zero-order valence-corrected chi connectivity index (χ0v) is 43.9. The van der Waals surface area contributed by atoms with Crippen LogP contribution in [0.25, 0.3) is 21.8 Å². The fourth-order valence-electron chi connectivity index (χ4n) is 9.51. The smallest absolute Gasteiger partial charge is 0.247 e. The van der Waals surface area contributed by atoms with Crippen molar-refractivity contribution in [2.75, 3.05) is 75.2 Å². The molecule has 0 aliphatic carbocycles. The summed E-state index contributed by atoms with van der Waals surface area (Å²) >= 11 is 16.5. The molecule has 2 aromatic heterocycles. The molecule has 1 amide bonds. The molecule has 0 saturated carbocycles. The number of aromatic nitrogens is 4. The number of likely N-dealkylation sites (tertiary alicyclic amines) is 2. The van der Waals surface area contributed by atoms with Crippen molar-refractivity contribution in [1.82, 2.24) is 29.7 Å². The molecule has 4 aliphatic heterocycles. The lowest BCUT2D eigenvalue weighted by Crippen LogP contribution is -2.43. The molecular formula is C54H59Cl3F2N10O6. The topological polar surface area (TPSA) is 191 Å². The molecule has 5 N–H and O–H groups in total. The van der Waals surface area contributed by atoms with Crippen molar-refractivity contribution in [2.24, 2.45) is 0 Å². The third-order valence-corrected chi connectivity index (χ3v) is 14.5. The number of amides is 1. The van der Waals surface area contributed by atoms with Gasteiger partial charge in [-0.05, 0) is 138 Å². The van der Waals surface area contributed by atoms with Crippen LogP contribution in [-0.2, 0) is 19.1 Å². The normalized spacial score (nSPS) is 18.9. The molecule has 2 atom stereocenters. The minimum atomic E-state index is -0.510. The minimum absolute atomic E-state index is 0.00542. The van der Waals surface area contributed by atoms with Crippen LogP contribution in [0.3, 0.4) is 0 Å². The molecule has 10 rings (SSSR count). The Morgan fingerprint density at radius 3 is 1.61 bits per heavy atom. The van der Waals surface area contributed by atoms with Gasteiger partial charge in [0, 0.05) is 60.5 Å². The number of allylic oxidation sites excluding steroid dienone is 1. The quantitative estimate of drug-likeness (QED) is 0.0485. The van der Waals surface area contributed by atoms with Crippen LogP contribution in [0.1, 0.15) is 51.4 Å². The number of piperidine rings is 2. The lowest BCUT2D eigenvalue weighted by atomic mass is 9.89. The first-order valence-electron chi connectivity index (χ1n) is 24.5. The highest BCUT2D eigenvalue weighted by molar-refractivity contribution is 6.66. The van der Waals surface area contributed by atoms with E-state index in [2.05, 4.69) is 72.9 Å². The number of nitrogens with zero attached hydrogens (tertiary/aromatic N) is 6. The van der Waals surface area contributed by atoms with Crippen LogP contribution in [0.2, 0.25) is 10.0 Å². The fourth-order valence-corrected chi connectivity index (χ4v) is 9.87. The van der Waals surface area contributed by atoms with E-state index in [1.165, 1.54) is 43.0 Å². The van der Waals surface area contributed by atoms with Gasteiger partial charge in [0.2, 0.25) is 11.1 Å². The summed E-state index contributed by atoms with van der Waals surface area (Å²) in [5.74, 6) is 0.706. The van der Waals surface area contributed by atoms with Crippen molar-refractivity contribution >= 4 is 102 Å². The summed E-state index contributed by atoms with van der Waals surface area (Å²) in [5.41, 5.74) is 9.67. The summed E-state index contributed by atoms with van der Waals surface area (Å²) in [6, 6.07) is 15.8. The molecule has 21 heteroatoms. The maximum absolute atomic E-state index is 13.6. The van der Waals surface area contributed by atoms with Gasteiger partial charge in [-0.25, -0.2) is 28.7 Å². The number of fused-ring (bicyclic) bond motifs is 2. The predicted molar refractivity (Wildman–Crippen MR) is 291 cm³/mol. The second-order valence-electron chi connectivity index (χ2n) is 19.1. The summed E-state index contributed by atoms with van der Waals surface area (Å²) < 4.78 is 52.2. The van der Waals surface area contributed by atoms with Crippen LogP contribution in [0, 0.1) is 11.6 Å². The van der Waals surface area contributed by atoms with E-state index >= 15 is 0 Å². The SMILES string of the molecule is C=CC(=O)Cl.C=CC(=O)Nc1cc2c(Nc3ccc(F)c(Cl)c3)ncnc2cc1OCC1CCC2(CCN(C)CC2)O1.CN1CCC2(CCC(COc3cc4ncnc(Nc5ccc(F)c(Cl)c5)c4cc3N)O2)CC1. The molecular weight excluding hydrogens is 1030 g/mol. The van der Waals surface area contributed by atoms with Gasteiger partial charge >= 0.3 is 0 Å². The van der Waals surface area contributed by atoms with Gasteiger partial charge in [0.1, 0.15) is 60.6 Å². The first kappa shape index (κ1) is 55.0. The van der Waals surface area contributed by atoms with Gasteiger partial charge in [-0.2, -0.15) is 0 Å². The zero-order chi connectivity index (χ0) is 53.3. The molecule has 16 nitrogen and oxygen atoms in total. The Balaban J connectivity index is 0.000000184. The molecule has 4 fully saturated rings. The Hall–Kier alpha value is -6.25. The van der Waals surface area contributed by atoms with Gasteiger partial charge in [0.15, 0.2) is 0 Å². The second-order valence-corrected chi connectivity index (χ2v) is 20.3. The van der Waals surface area contributed by atoms with Gasteiger partial charge < -0.3 is 50.4 Å². The third-order valence-electron chi connectivity index (χ3n) is 13.8. The van der Waals surface area contributed by atoms with E-state index in [4.69, 9.17) is 59.5 Å². The van der Waals surface area contributed by atoms with E-state index in [9.17, 15) is 18.4 Å². The minimum Gasteiger partial charge on any atom is -0.489 e.